The second kappa shape index (κ2) is 9.75. The van der Waals surface area contributed by atoms with Gasteiger partial charge in [-0.1, -0.05) is 26.8 Å². The lowest BCUT2D eigenvalue weighted by molar-refractivity contribution is -0.140. The molecule has 1 atom stereocenters. The standard InChI is InChI=1S/C26H33N3O4/c1-26(2,3)18-16-17(11-12-20(18)33-6)23(30)21-22(19-10-7-8-13-27-19)29(25(32)24(21)31)15-9-14-28(4)5/h7-8,10-13,16,22,30H,9,14-15H2,1-6H3/b23-21-. The molecule has 1 saturated heterocycles. The Hall–Kier alpha value is -3.19. The van der Waals surface area contributed by atoms with E-state index < -0.39 is 17.7 Å². The number of hydrogen-bond donors (Lipinski definition) is 1. The second-order valence-corrected chi connectivity index (χ2v) is 9.57. The number of ether oxygens (including phenoxy) is 1. The van der Waals surface area contributed by atoms with Crippen LogP contribution < -0.4 is 4.74 Å². The zero-order chi connectivity index (χ0) is 24.3. The summed E-state index contributed by atoms with van der Waals surface area (Å²) in [6, 6.07) is 9.93. The molecule has 3 rings (SSSR count). The molecule has 1 amide bonds. The number of aliphatic hydroxyl groups is 1. The van der Waals surface area contributed by atoms with E-state index in [0.29, 0.717) is 30.0 Å². The minimum atomic E-state index is -0.742. The van der Waals surface area contributed by atoms with Gasteiger partial charge in [0, 0.05) is 23.9 Å². The molecule has 0 radical (unpaired) electrons. The number of carbonyl (C=O) groups is 2. The van der Waals surface area contributed by atoms with Gasteiger partial charge in [-0.05, 0) is 62.8 Å². The quantitative estimate of drug-likeness (QED) is 0.392. The van der Waals surface area contributed by atoms with Crippen molar-refractivity contribution in [2.75, 3.05) is 34.3 Å². The number of carbonyl (C=O) groups excluding carboxylic acids is 2. The lowest BCUT2D eigenvalue weighted by Crippen LogP contribution is -2.32. The minimum absolute atomic E-state index is 0.0635. The Morgan fingerprint density at radius 3 is 2.48 bits per heavy atom. The highest BCUT2D eigenvalue weighted by atomic mass is 16.5. The van der Waals surface area contributed by atoms with Crippen molar-refractivity contribution in [2.24, 2.45) is 0 Å². The average molecular weight is 452 g/mol. The lowest BCUT2D eigenvalue weighted by Gasteiger charge is -2.25. The van der Waals surface area contributed by atoms with Gasteiger partial charge >= 0.3 is 0 Å². The van der Waals surface area contributed by atoms with E-state index in [1.165, 1.54) is 4.90 Å². The molecule has 1 aliphatic rings. The van der Waals surface area contributed by atoms with Gasteiger partial charge in [-0.15, -0.1) is 0 Å². The van der Waals surface area contributed by atoms with Crippen LogP contribution in [0.15, 0.2) is 48.2 Å². The third-order valence-electron chi connectivity index (χ3n) is 5.79. The molecule has 1 aromatic carbocycles. The number of ketones is 1. The largest absolute Gasteiger partial charge is 0.507 e. The van der Waals surface area contributed by atoms with Crippen LogP contribution in [-0.4, -0.2) is 65.9 Å². The molecule has 1 N–H and O–H groups in total. The molecule has 7 nitrogen and oxygen atoms in total. The number of Topliss-reactive ketones (excluding diaryl/α,β-unsaturated/α-hetero) is 1. The average Bonchev–Trinajstić information content (AvgIpc) is 3.03. The Labute approximate surface area is 195 Å². The van der Waals surface area contributed by atoms with Crippen LogP contribution in [0.25, 0.3) is 5.76 Å². The summed E-state index contributed by atoms with van der Waals surface area (Å²) in [6.45, 7) is 7.30. The molecule has 1 aliphatic heterocycles. The summed E-state index contributed by atoms with van der Waals surface area (Å²) in [6.07, 6.45) is 2.32. The molecule has 0 bridgehead atoms. The predicted octanol–water partition coefficient (Wildman–Crippen LogP) is 3.76. The van der Waals surface area contributed by atoms with Gasteiger partial charge in [0.05, 0.1) is 18.4 Å². The molecule has 1 unspecified atom stereocenters. The molecule has 33 heavy (non-hydrogen) atoms. The highest BCUT2D eigenvalue weighted by Crippen LogP contribution is 2.40. The Morgan fingerprint density at radius 2 is 1.91 bits per heavy atom. The number of hydrogen-bond acceptors (Lipinski definition) is 6. The van der Waals surface area contributed by atoms with E-state index in [0.717, 1.165) is 12.1 Å². The Kier molecular flexibility index (Phi) is 7.22. The molecule has 2 heterocycles. The first kappa shape index (κ1) is 24.5. The van der Waals surface area contributed by atoms with Gasteiger partial charge in [-0.2, -0.15) is 0 Å². The van der Waals surface area contributed by atoms with E-state index in [1.54, 1.807) is 37.6 Å². The van der Waals surface area contributed by atoms with Crippen LogP contribution in [0, 0.1) is 0 Å². The topological polar surface area (TPSA) is 83.0 Å². The summed E-state index contributed by atoms with van der Waals surface area (Å²) in [5, 5.41) is 11.3. The molecule has 1 fully saturated rings. The first-order valence-corrected chi connectivity index (χ1v) is 11.1. The fraction of sp³-hybridized carbons (Fsp3) is 0.423. The van der Waals surface area contributed by atoms with Crippen molar-refractivity contribution in [2.45, 2.75) is 38.6 Å². The number of nitrogens with zero attached hydrogens (tertiary/aromatic N) is 3. The Bertz CT molecular complexity index is 1050. The van der Waals surface area contributed by atoms with Gasteiger partial charge in [0.2, 0.25) is 0 Å². The van der Waals surface area contributed by atoms with Crippen LogP contribution in [0.3, 0.4) is 0 Å². The van der Waals surface area contributed by atoms with Gasteiger partial charge in [0.25, 0.3) is 11.7 Å². The second-order valence-electron chi connectivity index (χ2n) is 9.57. The van der Waals surface area contributed by atoms with Gasteiger partial charge in [0.1, 0.15) is 17.6 Å². The third kappa shape index (κ3) is 5.09. The fourth-order valence-corrected chi connectivity index (χ4v) is 4.11. The van der Waals surface area contributed by atoms with Crippen LogP contribution in [0.4, 0.5) is 0 Å². The van der Waals surface area contributed by atoms with Crippen LogP contribution >= 0.6 is 0 Å². The maximum Gasteiger partial charge on any atom is 0.295 e. The van der Waals surface area contributed by atoms with Crippen molar-refractivity contribution in [3.8, 4) is 5.75 Å². The molecule has 0 spiro atoms. The van der Waals surface area contributed by atoms with E-state index >= 15 is 0 Å². The summed E-state index contributed by atoms with van der Waals surface area (Å²) < 4.78 is 5.50. The fourth-order valence-electron chi connectivity index (χ4n) is 4.11. The van der Waals surface area contributed by atoms with Crippen molar-refractivity contribution in [1.29, 1.82) is 0 Å². The molecule has 176 valence electrons. The van der Waals surface area contributed by atoms with Crippen LogP contribution in [0.1, 0.15) is 50.1 Å². The molecule has 1 aromatic heterocycles. The highest BCUT2D eigenvalue weighted by molar-refractivity contribution is 6.46. The number of benzene rings is 1. The zero-order valence-corrected chi connectivity index (χ0v) is 20.3. The van der Waals surface area contributed by atoms with Crippen molar-refractivity contribution < 1.29 is 19.4 Å². The van der Waals surface area contributed by atoms with E-state index in [1.807, 2.05) is 51.9 Å². The van der Waals surface area contributed by atoms with Crippen molar-refractivity contribution in [3.63, 3.8) is 0 Å². The number of rotatable bonds is 7. The Balaban J connectivity index is 2.14. The van der Waals surface area contributed by atoms with E-state index in [4.69, 9.17) is 4.74 Å². The maximum absolute atomic E-state index is 13.1. The molecular weight excluding hydrogens is 418 g/mol. The van der Waals surface area contributed by atoms with Crippen LogP contribution in [0.2, 0.25) is 0 Å². The SMILES string of the molecule is COc1ccc(/C(O)=C2/C(=O)C(=O)N(CCCN(C)C)C2c2ccccn2)cc1C(C)(C)C. The van der Waals surface area contributed by atoms with Gasteiger partial charge in [-0.25, -0.2) is 0 Å². The maximum atomic E-state index is 13.1. The lowest BCUT2D eigenvalue weighted by atomic mass is 9.84. The van der Waals surface area contributed by atoms with E-state index in [-0.39, 0.29) is 16.7 Å². The summed E-state index contributed by atoms with van der Waals surface area (Å²) in [4.78, 5) is 34.1. The number of amides is 1. The normalized spacial score (nSPS) is 18.3. The van der Waals surface area contributed by atoms with Crippen LogP contribution in [0.5, 0.6) is 5.75 Å². The first-order valence-electron chi connectivity index (χ1n) is 11.1. The van der Waals surface area contributed by atoms with Crippen molar-refractivity contribution in [1.82, 2.24) is 14.8 Å². The van der Waals surface area contributed by atoms with Gasteiger partial charge in [-0.3, -0.25) is 14.6 Å². The number of likely N-dealkylation sites (tertiary alicyclic amines) is 1. The van der Waals surface area contributed by atoms with Gasteiger partial charge in [0.15, 0.2) is 0 Å². The smallest absolute Gasteiger partial charge is 0.295 e. The molecule has 7 heteroatoms. The molecular formula is C26H33N3O4. The monoisotopic (exact) mass is 451 g/mol. The van der Waals surface area contributed by atoms with Crippen LogP contribution in [-0.2, 0) is 15.0 Å². The summed E-state index contributed by atoms with van der Waals surface area (Å²) in [7, 11) is 5.52. The predicted molar refractivity (Wildman–Crippen MR) is 128 cm³/mol. The summed E-state index contributed by atoms with van der Waals surface area (Å²) in [5.74, 6) is -0.812. The van der Waals surface area contributed by atoms with Crippen molar-refractivity contribution >= 4 is 17.4 Å². The third-order valence-corrected chi connectivity index (χ3v) is 5.79. The molecule has 2 aromatic rings. The highest BCUT2D eigenvalue weighted by Gasteiger charge is 2.46. The summed E-state index contributed by atoms with van der Waals surface area (Å²) >= 11 is 0. The first-order chi connectivity index (χ1) is 15.6. The number of methoxy groups -OCH3 is 1. The number of aromatic nitrogens is 1. The number of aliphatic hydroxyl groups excluding tert-OH is 1. The summed E-state index contributed by atoms with van der Waals surface area (Å²) in [5.41, 5.74) is 1.72. The molecule has 0 aliphatic carbocycles. The molecule has 0 saturated carbocycles. The zero-order valence-electron chi connectivity index (χ0n) is 20.3. The van der Waals surface area contributed by atoms with Gasteiger partial charge < -0.3 is 19.6 Å². The van der Waals surface area contributed by atoms with E-state index in [9.17, 15) is 14.7 Å². The minimum Gasteiger partial charge on any atom is -0.507 e. The Morgan fingerprint density at radius 1 is 1.18 bits per heavy atom. The van der Waals surface area contributed by atoms with E-state index in [2.05, 4.69) is 4.98 Å². The number of pyridine rings is 1. The van der Waals surface area contributed by atoms with Crippen molar-refractivity contribution in [3.05, 3.63) is 65.0 Å².